The standard InChI is InChI=1S/C29H28ClF2N3O2/c30-24-7-4-8-25(32)27(24)29(37)35-17-21-15-34(16-22(21)18-35)14-13-26(19-5-2-1-3-6-19)33-28(36)20-9-11-23(31)12-10-20/h1-12,21-22,26H,13-18H2,(H,33,36)/t21-,22?,26?/m0/s1. The first-order valence-electron chi connectivity index (χ1n) is 12.5. The molecule has 2 unspecified atom stereocenters. The lowest BCUT2D eigenvalue weighted by molar-refractivity contribution is 0.0769. The molecule has 0 bridgehead atoms. The maximum Gasteiger partial charge on any atom is 0.258 e. The van der Waals surface area contributed by atoms with Gasteiger partial charge in [-0.05, 0) is 60.2 Å². The van der Waals surface area contributed by atoms with Crippen LogP contribution in [-0.2, 0) is 0 Å². The molecule has 0 radical (unpaired) electrons. The zero-order valence-electron chi connectivity index (χ0n) is 20.2. The third-order valence-corrected chi connectivity index (χ3v) is 7.69. The quantitative estimate of drug-likeness (QED) is 0.464. The summed E-state index contributed by atoms with van der Waals surface area (Å²) in [6.07, 6.45) is 0.712. The van der Waals surface area contributed by atoms with Gasteiger partial charge in [0.25, 0.3) is 11.8 Å². The predicted octanol–water partition coefficient (Wildman–Crippen LogP) is 5.18. The summed E-state index contributed by atoms with van der Waals surface area (Å²) in [5.41, 5.74) is 1.37. The number of benzene rings is 3. The molecule has 37 heavy (non-hydrogen) atoms. The molecule has 8 heteroatoms. The summed E-state index contributed by atoms with van der Waals surface area (Å²) in [6.45, 7) is 3.62. The maximum absolute atomic E-state index is 14.3. The first-order valence-corrected chi connectivity index (χ1v) is 12.8. The van der Waals surface area contributed by atoms with Gasteiger partial charge in [0.05, 0.1) is 16.6 Å². The molecule has 2 aliphatic heterocycles. The second kappa shape index (κ2) is 11.0. The fourth-order valence-electron chi connectivity index (χ4n) is 5.46. The number of amides is 2. The van der Waals surface area contributed by atoms with Crippen LogP contribution in [-0.4, -0.2) is 54.3 Å². The van der Waals surface area contributed by atoms with Gasteiger partial charge in [0, 0.05) is 38.3 Å². The van der Waals surface area contributed by atoms with Crippen LogP contribution in [0.4, 0.5) is 8.78 Å². The molecule has 2 heterocycles. The number of nitrogens with one attached hydrogen (secondary N) is 1. The third-order valence-electron chi connectivity index (χ3n) is 7.37. The van der Waals surface area contributed by atoms with Gasteiger partial charge in [-0.25, -0.2) is 8.78 Å². The first-order chi connectivity index (χ1) is 17.9. The van der Waals surface area contributed by atoms with E-state index in [0.717, 1.165) is 25.2 Å². The molecule has 3 aromatic rings. The smallest absolute Gasteiger partial charge is 0.258 e. The Kier molecular flexibility index (Phi) is 7.53. The normalized spacial score (nSPS) is 20.0. The van der Waals surface area contributed by atoms with Gasteiger partial charge in [-0.15, -0.1) is 0 Å². The van der Waals surface area contributed by atoms with E-state index in [4.69, 9.17) is 11.6 Å². The molecule has 2 amide bonds. The Hall–Kier alpha value is -3.29. The first kappa shape index (κ1) is 25.4. The molecule has 2 fully saturated rings. The molecule has 1 N–H and O–H groups in total. The number of halogens is 3. The Morgan fingerprint density at radius 2 is 1.57 bits per heavy atom. The van der Waals surface area contributed by atoms with E-state index in [1.165, 1.54) is 42.5 Å². The molecule has 3 atom stereocenters. The summed E-state index contributed by atoms with van der Waals surface area (Å²) in [5.74, 6) is -0.930. The van der Waals surface area contributed by atoms with Crippen LogP contribution in [0.2, 0.25) is 5.02 Å². The number of rotatable bonds is 7. The van der Waals surface area contributed by atoms with Crippen molar-refractivity contribution in [3.63, 3.8) is 0 Å². The van der Waals surface area contributed by atoms with E-state index in [9.17, 15) is 18.4 Å². The molecular weight excluding hydrogens is 496 g/mol. The van der Waals surface area contributed by atoms with E-state index in [-0.39, 0.29) is 34.3 Å². The summed E-state index contributed by atoms with van der Waals surface area (Å²) in [4.78, 5) is 29.9. The van der Waals surface area contributed by atoms with Gasteiger partial charge in [0.2, 0.25) is 0 Å². The van der Waals surface area contributed by atoms with Gasteiger partial charge in [-0.1, -0.05) is 48.0 Å². The minimum Gasteiger partial charge on any atom is -0.345 e. The summed E-state index contributed by atoms with van der Waals surface area (Å²) >= 11 is 6.11. The van der Waals surface area contributed by atoms with Crippen molar-refractivity contribution in [1.29, 1.82) is 0 Å². The van der Waals surface area contributed by atoms with Crippen LogP contribution in [0, 0.1) is 23.5 Å². The van der Waals surface area contributed by atoms with Crippen LogP contribution in [0.5, 0.6) is 0 Å². The van der Waals surface area contributed by atoms with Crippen molar-refractivity contribution in [3.8, 4) is 0 Å². The Labute approximate surface area is 220 Å². The highest BCUT2D eigenvalue weighted by molar-refractivity contribution is 6.33. The van der Waals surface area contributed by atoms with Crippen molar-refractivity contribution in [3.05, 3.63) is 106 Å². The Bertz CT molecular complexity index is 1240. The average Bonchev–Trinajstić information content (AvgIpc) is 3.46. The molecule has 5 rings (SSSR count). The van der Waals surface area contributed by atoms with Gasteiger partial charge in [-0.3, -0.25) is 9.59 Å². The van der Waals surface area contributed by atoms with Crippen molar-refractivity contribution in [2.45, 2.75) is 12.5 Å². The molecule has 3 aromatic carbocycles. The number of hydrogen-bond acceptors (Lipinski definition) is 3. The topological polar surface area (TPSA) is 52.7 Å². The zero-order valence-corrected chi connectivity index (χ0v) is 21.0. The van der Waals surface area contributed by atoms with Gasteiger partial charge < -0.3 is 15.1 Å². The molecule has 0 aliphatic carbocycles. The summed E-state index contributed by atoms with van der Waals surface area (Å²) < 4.78 is 27.5. The van der Waals surface area contributed by atoms with E-state index < -0.39 is 5.82 Å². The monoisotopic (exact) mass is 523 g/mol. The predicted molar refractivity (Wildman–Crippen MR) is 138 cm³/mol. The third kappa shape index (κ3) is 5.68. The minimum absolute atomic E-state index is 0.0522. The van der Waals surface area contributed by atoms with E-state index in [2.05, 4.69) is 10.2 Å². The molecule has 0 spiro atoms. The largest absolute Gasteiger partial charge is 0.345 e. The van der Waals surface area contributed by atoms with E-state index in [1.54, 1.807) is 4.90 Å². The van der Waals surface area contributed by atoms with Crippen LogP contribution in [0.25, 0.3) is 0 Å². The molecule has 0 aromatic heterocycles. The SMILES string of the molecule is O=C(NC(CCN1CC2CN(C(=O)c3c(F)cccc3Cl)C[C@@H]2C1)c1ccccc1)c1ccc(F)cc1. The van der Waals surface area contributed by atoms with E-state index in [1.807, 2.05) is 30.3 Å². The van der Waals surface area contributed by atoms with Crippen molar-refractivity contribution >= 4 is 23.4 Å². The molecule has 5 nitrogen and oxygen atoms in total. The Morgan fingerprint density at radius 1 is 0.892 bits per heavy atom. The lowest BCUT2D eigenvalue weighted by Crippen LogP contribution is -2.35. The van der Waals surface area contributed by atoms with E-state index in [0.29, 0.717) is 36.9 Å². The van der Waals surface area contributed by atoms with Crippen LogP contribution >= 0.6 is 11.6 Å². The summed E-state index contributed by atoms with van der Waals surface area (Å²) in [5, 5.41) is 3.24. The van der Waals surface area contributed by atoms with Crippen LogP contribution < -0.4 is 5.32 Å². The van der Waals surface area contributed by atoms with Crippen molar-refractivity contribution in [1.82, 2.24) is 15.1 Å². The van der Waals surface area contributed by atoms with Gasteiger partial charge in [0.15, 0.2) is 0 Å². The van der Waals surface area contributed by atoms with Gasteiger partial charge >= 0.3 is 0 Å². The summed E-state index contributed by atoms with van der Waals surface area (Å²) in [7, 11) is 0. The number of carbonyl (C=O) groups excluding carboxylic acids is 2. The molecular formula is C29H28ClF2N3O2. The summed E-state index contributed by atoms with van der Waals surface area (Å²) in [6, 6.07) is 19.4. The fourth-order valence-corrected chi connectivity index (χ4v) is 5.70. The number of nitrogens with zero attached hydrogens (tertiary/aromatic N) is 2. The second-order valence-corrected chi connectivity index (χ2v) is 10.2. The Morgan fingerprint density at radius 3 is 2.22 bits per heavy atom. The number of hydrogen-bond donors (Lipinski definition) is 1. The van der Waals surface area contributed by atoms with Gasteiger partial charge in [-0.2, -0.15) is 0 Å². The molecule has 2 aliphatic rings. The van der Waals surface area contributed by atoms with Crippen LogP contribution in [0.1, 0.15) is 38.7 Å². The zero-order chi connectivity index (χ0) is 25.9. The average molecular weight is 524 g/mol. The fraction of sp³-hybridized carbons (Fsp3) is 0.310. The van der Waals surface area contributed by atoms with Crippen LogP contribution in [0.3, 0.4) is 0 Å². The van der Waals surface area contributed by atoms with Crippen molar-refractivity contribution in [2.24, 2.45) is 11.8 Å². The molecule has 192 valence electrons. The molecule has 0 saturated carbocycles. The number of carbonyl (C=O) groups is 2. The highest BCUT2D eigenvalue weighted by atomic mass is 35.5. The van der Waals surface area contributed by atoms with Gasteiger partial charge in [0.1, 0.15) is 11.6 Å². The van der Waals surface area contributed by atoms with Crippen molar-refractivity contribution in [2.75, 3.05) is 32.7 Å². The highest BCUT2D eigenvalue weighted by Gasteiger charge is 2.42. The van der Waals surface area contributed by atoms with Crippen LogP contribution in [0.15, 0.2) is 72.8 Å². The lowest BCUT2D eigenvalue weighted by atomic mass is 10.0. The maximum atomic E-state index is 14.3. The Balaban J connectivity index is 1.19. The van der Waals surface area contributed by atoms with Crippen molar-refractivity contribution < 1.29 is 18.4 Å². The van der Waals surface area contributed by atoms with E-state index >= 15 is 0 Å². The molecule has 2 saturated heterocycles. The highest BCUT2D eigenvalue weighted by Crippen LogP contribution is 2.33. The second-order valence-electron chi connectivity index (χ2n) is 9.82. The number of likely N-dealkylation sites (tertiary alicyclic amines) is 2. The minimum atomic E-state index is -0.592. The number of fused-ring (bicyclic) bond motifs is 1. The lowest BCUT2D eigenvalue weighted by Gasteiger charge is -2.25.